The monoisotopic (exact) mass is 330 g/mol. The summed E-state index contributed by atoms with van der Waals surface area (Å²) in [4.78, 5) is 11.3. The fraction of sp³-hybridized carbons (Fsp3) is 0.150. The average molecular weight is 330 g/mol. The Balaban J connectivity index is 1.57. The fourth-order valence-electron chi connectivity index (χ4n) is 3.04. The summed E-state index contributed by atoms with van der Waals surface area (Å²) in [6.07, 6.45) is 4.72. The topological polar surface area (TPSA) is 52.7 Å². The van der Waals surface area contributed by atoms with Crippen LogP contribution >= 0.6 is 0 Å². The van der Waals surface area contributed by atoms with Crippen LogP contribution in [0.15, 0.2) is 60.9 Å². The molecule has 25 heavy (non-hydrogen) atoms. The second-order valence-electron chi connectivity index (χ2n) is 6.24. The Hall–Kier alpha value is -3.21. The molecule has 0 amide bonds. The van der Waals surface area contributed by atoms with Gasteiger partial charge < -0.3 is 4.57 Å². The molecule has 0 aliphatic heterocycles. The van der Waals surface area contributed by atoms with Crippen molar-refractivity contribution in [1.29, 1.82) is 0 Å². The number of aldehydes is 1. The number of aryl methyl sites for hydroxylation is 1. The first-order valence-electron chi connectivity index (χ1n) is 8.20. The third kappa shape index (κ3) is 3.08. The second-order valence-corrected chi connectivity index (χ2v) is 6.24. The highest BCUT2D eigenvalue weighted by atomic mass is 16.1. The third-order valence-electron chi connectivity index (χ3n) is 4.33. The Morgan fingerprint density at radius 1 is 1.00 bits per heavy atom. The van der Waals surface area contributed by atoms with Crippen LogP contribution in [0.1, 0.15) is 27.2 Å². The van der Waals surface area contributed by atoms with Crippen LogP contribution in [-0.2, 0) is 13.1 Å². The maximum Gasteiger partial charge on any atom is 0.152 e. The Labute approximate surface area is 145 Å². The molecule has 0 aliphatic carbocycles. The largest absolute Gasteiger partial charge is 0.341 e. The van der Waals surface area contributed by atoms with Crippen molar-refractivity contribution in [2.24, 2.45) is 0 Å². The third-order valence-corrected chi connectivity index (χ3v) is 4.33. The van der Waals surface area contributed by atoms with Gasteiger partial charge in [-0.2, -0.15) is 0 Å². The standard InChI is InChI=1S/C20H18N4O/c1-15-6-8-16(9-7-15)10-24-13-18(21-22-24)12-23-11-17(14-25)19-4-2-3-5-20(19)23/h2-9,11,13-14H,10,12H2,1H3. The van der Waals surface area contributed by atoms with Crippen LogP contribution in [0.2, 0.25) is 0 Å². The van der Waals surface area contributed by atoms with Gasteiger partial charge in [-0.05, 0) is 18.6 Å². The van der Waals surface area contributed by atoms with Gasteiger partial charge in [-0.1, -0.05) is 53.2 Å². The molecule has 2 aromatic heterocycles. The zero-order valence-electron chi connectivity index (χ0n) is 14.0. The van der Waals surface area contributed by atoms with E-state index in [0.29, 0.717) is 18.7 Å². The van der Waals surface area contributed by atoms with Crippen LogP contribution < -0.4 is 0 Å². The summed E-state index contributed by atoms with van der Waals surface area (Å²) >= 11 is 0. The minimum atomic E-state index is 0.586. The highest BCUT2D eigenvalue weighted by Crippen LogP contribution is 2.20. The van der Waals surface area contributed by atoms with Gasteiger partial charge in [-0.15, -0.1) is 5.10 Å². The summed E-state index contributed by atoms with van der Waals surface area (Å²) in [6.45, 7) is 3.36. The molecular weight excluding hydrogens is 312 g/mol. The molecule has 0 bridgehead atoms. The number of carbonyl (C=O) groups is 1. The Morgan fingerprint density at radius 3 is 2.60 bits per heavy atom. The summed E-state index contributed by atoms with van der Waals surface area (Å²) in [7, 11) is 0. The molecule has 0 spiro atoms. The molecule has 0 atom stereocenters. The number of aromatic nitrogens is 4. The predicted octanol–water partition coefficient (Wildman–Crippen LogP) is 3.45. The molecule has 2 heterocycles. The van der Waals surface area contributed by atoms with Crippen molar-refractivity contribution in [3.05, 3.63) is 83.3 Å². The first kappa shape index (κ1) is 15.3. The molecule has 4 rings (SSSR count). The minimum absolute atomic E-state index is 0.586. The quantitative estimate of drug-likeness (QED) is 0.527. The maximum absolute atomic E-state index is 11.3. The van der Waals surface area contributed by atoms with Crippen molar-refractivity contribution in [3.8, 4) is 0 Å². The highest BCUT2D eigenvalue weighted by molar-refractivity contribution is 5.97. The van der Waals surface area contributed by atoms with E-state index in [1.54, 1.807) is 0 Å². The smallest absolute Gasteiger partial charge is 0.152 e. The van der Waals surface area contributed by atoms with Gasteiger partial charge in [-0.25, -0.2) is 4.68 Å². The van der Waals surface area contributed by atoms with Crippen molar-refractivity contribution in [2.45, 2.75) is 20.0 Å². The lowest BCUT2D eigenvalue weighted by molar-refractivity contribution is 0.112. The van der Waals surface area contributed by atoms with Crippen LogP contribution in [0.4, 0.5) is 0 Å². The van der Waals surface area contributed by atoms with Crippen LogP contribution in [-0.4, -0.2) is 25.8 Å². The van der Waals surface area contributed by atoms with E-state index in [4.69, 9.17) is 0 Å². The molecule has 0 unspecified atom stereocenters. The molecule has 5 nitrogen and oxygen atoms in total. The second kappa shape index (κ2) is 6.36. The van der Waals surface area contributed by atoms with Gasteiger partial charge in [0.15, 0.2) is 6.29 Å². The average Bonchev–Trinajstić information content (AvgIpc) is 3.22. The van der Waals surface area contributed by atoms with Gasteiger partial charge in [0.2, 0.25) is 0 Å². The number of para-hydroxylation sites is 1. The molecule has 2 aromatic carbocycles. The normalized spacial score (nSPS) is 11.1. The summed E-state index contributed by atoms with van der Waals surface area (Å²) in [5.74, 6) is 0. The molecule has 4 aromatic rings. The Bertz CT molecular complexity index is 1030. The Kier molecular flexibility index (Phi) is 3.90. The molecule has 5 heteroatoms. The van der Waals surface area contributed by atoms with E-state index in [0.717, 1.165) is 22.9 Å². The van der Waals surface area contributed by atoms with Gasteiger partial charge in [0.25, 0.3) is 0 Å². The summed E-state index contributed by atoms with van der Waals surface area (Å²) in [5, 5.41) is 9.45. The van der Waals surface area contributed by atoms with E-state index in [9.17, 15) is 4.79 Å². The van der Waals surface area contributed by atoms with Crippen LogP contribution in [0, 0.1) is 6.92 Å². The SMILES string of the molecule is Cc1ccc(Cn2cc(Cn3cc(C=O)c4ccccc43)nn2)cc1. The maximum atomic E-state index is 11.3. The van der Waals surface area contributed by atoms with E-state index in [1.807, 2.05) is 45.9 Å². The molecule has 0 radical (unpaired) electrons. The molecule has 0 saturated heterocycles. The summed E-state index contributed by atoms with van der Waals surface area (Å²) in [5.41, 5.74) is 5.02. The number of carbonyl (C=O) groups excluding carboxylic acids is 1. The van der Waals surface area contributed by atoms with Gasteiger partial charge in [0.05, 0.1) is 19.3 Å². The number of rotatable bonds is 5. The number of fused-ring (bicyclic) bond motifs is 1. The molecule has 0 aliphatic rings. The van der Waals surface area contributed by atoms with Crippen LogP contribution in [0.3, 0.4) is 0 Å². The minimum Gasteiger partial charge on any atom is -0.341 e. The number of benzene rings is 2. The lowest BCUT2D eigenvalue weighted by atomic mass is 10.1. The fourth-order valence-corrected chi connectivity index (χ4v) is 3.04. The van der Waals surface area contributed by atoms with Crippen molar-refractivity contribution >= 4 is 17.2 Å². The molecule has 0 saturated carbocycles. The van der Waals surface area contributed by atoms with Crippen molar-refractivity contribution in [2.75, 3.05) is 0 Å². The van der Waals surface area contributed by atoms with E-state index < -0.39 is 0 Å². The highest BCUT2D eigenvalue weighted by Gasteiger charge is 2.09. The van der Waals surface area contributed by atoms with Crippen LogP contribution in [0.25, 0.3) is 10.9 Å². The zero-order chi connectivity index (χ0) is 17.2. The van der Waals surface area contributed by atoms with Crippen molar-refractivity contribution in [1.82, 2.24) is 19.6 Å². The lowest BCUT2D eigenvalue weighted by Gasteiger charge is -2.02. The number of nitrogens with zero attached hydrogens (tertiary/aromatic N) is 4. The summed E-state index contributed by atoms with van der Waals surface area (Å²) < 4.78 is 3.88. The Morgan fingerprint density at radius 2 is 1.80 bits per heavy atom. The van der Waals surface area contributed by atoms with E-state index in [1.165, 1.54) is 11.1 Å². The van der Waals surface area contributed by atoms with Crippen molar-refractivity contribution in [3.63, 3.8) is 0 Å². The molecular formula is C20H18N4O. The van der Waals surface area contributed by atoms with E-state index >= 15 is 0 Å². The van der Waals surface area contributed by atoms with E-state index in [-0.39, 0.29) is 0 Å². The first-order chi connectivity index (χ1) is 12.2. The van der Waals surface area contributed by atoms with Gasteiger partial charge >= 0.3 is 0 Å². The zero-order valence-corrected chi connectivity index (χ0v) is 14.0. The predicted molar refractivity (Wildman–Crippen MR) is 96.7 cm³/mol. The lowest BCUT2D eigenvalue weighted by Crippen LogP contribution is -2.00. The first-order valence-corrected chi connectivity index (χ1v) is 8.20. The number of hydrogen-bond acceptors (Lipinski definition) is 3. The summed E-state index contributed by atoms with van der Waals surface area (Å²) in [6, 6.07) is 16.3. The van der Waals surface area contributed by atoms with Crippen molar-refractivity contribution < 1.29 is 4.79 Å². The number of hydrogen-bond donors (Lipinski definition) is 0. The van der Waals surface area contributed by atoms with Crippen LogP contribution in [0.5, 0.6) is 0 Å². The molecule has 0 N–H and O–H groups in total. The van der Waals surface area contributed by atoms with E-state index in [2.05, 4.69) is 41.5 Å². The molecule has 0 fully saturated rings. The van der Waals surface area contributed by atoms with Gasteiger partial charge in [0, 0.05) is 22.7 Å². The molecule has 124 valence electrons. The van der Waals surface area contributed by atoms with Gasteiger partial charge in [-0.3, -0.25) is 4.79 Å². The van der Waals surface area contributed by atoms with Gasteiger partial charge in [0.1, 0.15) is 5.69 Å².